The molecule has 0 spiro atoms. The van der Waals surface area contributed by atoms with Crippen LogP contribution in [-0.2, 0) is 30.7 Å². The maximum Gasteiger partial charge on any atom is -0.0253 e. The van der Waals surface area contributed by atoms with E-state index in [2.05, 4.69) is 117 Å². The fraction of sp³-hybridized carbons (Fsp3) is 0.258. The Morgan fingerprint density at radius 1 is 0.882 bits per heavy atom. The van der Waals surface area contributed by atoms with E-state index in [-0.39, 0.29) is 24.8 Å². The first-order valence-corrected chi connectivity index (χ1v) is 12.7. The predicted octanol–water partition coefficient (Wildman–Crippen LogP) is 1.81. The van der Waals surface area contributed by atoms with E-state index in [0.29, 0.717) is 11.3 Å². The van der Waals surface area contributed by atoms with Gasteiger partial charge in [-0.3, -0.25) is 6.08 Å². The van der Waals surface area contributed by atoms with Crippen LogP contribution in [0.25, 0.3) is 11.1 Å². The van der Waals surface area contributed by atoms with Gasteiger partial charge in [0.15, 0.2) is 0 Å². The Morgan fingerprint density at radius 2 is 1.50 bits per heavy atom. The fourth-order valence-electron chi connectivity index (χ4n) is 4.20. The van der Waals surface area contributed by atoms with Gasteiger partial charge in [0.2, 0.25) is 0 Å². The van der Waals surface area contributed by atoms with Gasteiger partial charge in [0.05, 0.1) is 0 Å². The van der Waals surface area contributed by atoms with Crippen LogP contribution in [0.1, 0.15) is 51.3 Å². The second kappa shape index (κ2) is 14.1. The quantitative estimate of drug-likeness (QED) is 0.309. The minimum atomic E-state index is 0. The zero-order valence-electron chi connectivity index (χ0n) is 20.6. The first-order chi connectivity index (χ1) is 15.3. The van der Waals surface area contributed by atoms with Gasteiger partial charge in [-0.25, -0.2) is 5.57 Å². The average Bonchev–Trinajstić information content (AvgIpc) is 3.34. The van der Waals surface area contributed by atoms with Gasteiger partial charge in [-0.15, -0.1) is 5.56 Å². The molecule has 0 fully saturated rings. The molecule has 3 heteroatoms. The standard InChI is InChI=1S/C13H9.C11H17.C7H6.2ClH.Zr/c1-3-7-12-10(5-1)9-11-6-2-4-8-13(11)12;1-8-6-9(2)10(7-8)11(3,4)5;1-7-5-3-2-4-6-7;;;/h1-5,7-8H,9H2;7-8H,1-5H3;1-6H;2*1H;/q2*-1;;;;+2/p-2. The maximum atomic E-state index is 3.40. The molecule has 0 aliphatic heterocycles. The predicted molar refractivity (Wildman–Crippen MR) is 134 cm³/mol. The molecular formula is C31H32Cl2Zr-2. The van der Waals surface area contributed by atoms with Crippen molar-refractivity contribution in [1.29, 1.82) is 0 Å². The third-order valence-corrected chi connectivity index (χ3v) is 6.48. The van der Waals surface area contributed by atoms with Gasteiger partial charge >= 0.3 is 63.8 Å². The second-order valence-electron chi connectivity index (χ2n) is 9.34. The van der Waals surface area contributed by atoms with Crippen molar-refractivity contribution in [2.24, 2.45) is 11.3 Å². The Labute approximate surface area is 233 Å². The largest absolute Gasteiger partial charge is 0.179 e. The van der Waals surface area contributed by atoms with Crippen LogP contribution in [0.3, 0.4) is 0 Å². The molecule has 0 saturated heterocycles. The molecule has 0 radical (unpaired) electrons. The van der Waals surface area contributed by atoms with E-state index in [1.807, 2.05) is 12.1 Å². The molecule has 1 atom stereocenters. The Morgan fingerprint density at radius 3 is 2.03 bits per heavy atom. The van der Waals surface area contributed by atoms with Crippen LogP contribution >= 0.6 is 0 Å². The summed E-state index contributed by atoms with van der Waals surface area (Å²) in [5.74, 6) is 0.518. The molecule has 0 saturated carbocycles. The Bertz CT molecular complexity index is 1080. The second-order valence-corrected chi connectivity index (χ2v) is 10.0. The average molecular weight is 567 g/mol. The summed E-state index contributed by atoms with van der Waals surface area (Å²) >= 11 is 1.46. The molecule has 2 aliphatic rings. The minimum Gasteiger partial charge on any atom is -0.179 e. The number of rotatable bonds is 1. The van der Waals surface area contributed by atoms with Gasteiger partial charge in [-0.1, -0.05) is 81.3 Å². The number of allylic oxidation sites excluding steroid dienone is 4. The summed E-state index contributed by atoms with van der Waals surface area (Å²) < 4.78 is 2.17. The molecule has 0 amide bonds. The summed E-state index contributed by atoms with van der Waals surface area (Å²) in [7, 11) is 0. The van der Waals surface area contributed by atoms with E-state index in [4.69, 9.17) is 0 Å². The van der Waals surface area contributed by atoms with Crippen molar-refractivity contribution in [2.75, 3.05) is 0 Å². The van der Waals surface area contributed by atoms with Gasteiger partial charge in [0.1, 0.15) is 0 Å². The van der Waals surface area contributed by atoms with Gasteiger partial charge in [-0.05, 0) is 6.42 Å². The van der Waals surface area contributed by atoms with Crippen molar-refractivity contribution < 1.29 is 49.0 Å². The van der Waals surface area contributed by atoms with Crippen LogP contribution < -0.4 is 24.8 Å². The maximum absolute atomic E-state index is 3.40. The van der Waals surface area contributed by atoms with Crippen molar-refractivity contribution in [3.63, 3.8) is 0 Å². The Hall–Kier alpha value is -1.53. The molecule has 2 aliphatic carbocycles. The van der Waals surface area contributed by atoms with Gasteiger partial charge in [0.25, 0.3) is 0 Å². The molecule has 34 heavy (non-hydrogen) atoms. The molecule has 0 heterocycles. The van der Waals surface area contributed by atoms with Crippen LogP contribution in [0.4, 0.5) is 0 Å². The van der Waals surface area contributed by atoms with Crippen molar-refractivity contribution in [3.8, 4) is 11.1 Å². The van der Waals surface area contributed by atoms with Crippen LogP contribution in [0.2, 0.25) is 0 Å². The van der Waals surface area contributed by atoms with Crippen LogP contribution in [0, 0.1) is 23.5 Å². The topological polar surface area (TPSA) is 0 Å². The molecule has 3 aromatic carbocycles. The van der Waals surface area contributed by atoms with Crippen LogP contribution in [0.5, 0.6) is 0 Å². The number of hydrogen-bond donors (Lipinski definition) is 0. The summed E-state index contributed by atoms with van der Waals surface area (Å²) in [4.78, 5) is 0. The summed E-state index contributed by atoms with van der Waals surface area (Å²) in [6.45, 7) is 11.1. The van der Waals surface area contributed by atoms with E-state index in [1.165, 1.54) is 63.2 Å². The number of hydrogen-bond acceptors (Lipinski definition) is 0. The third kappa shape index (κ3) is 8.30. The molecule has 0 N–H and O–H groups in total. The summed E-state index contributed by atoms with van der Waals surface area (Å²) in [5, 5.41) is 0. The summed E-state index contributed by atoms with van der Waals surface area (Å²) in [5.41, 5.74) is 9.93. The number of fused-ring (bicyclic) bond motifs is 3. The van der Waals surface area contributed by atoms with E-state index < -0.39 is 0 Å². The van der Waals surface area contributed by atoms with E-state index >= 15 is 0 Å². The summed E-state index contributed by atoms with van der Waals surface area (Å²) in [6.07, 6.45) is 6.76. The van der Waals surface area contributed by atoms with Crippen molar-refractivity contribution >= 4 is 3.71 Å². The van der Waals surface area contributed by atoms with Crippen LogP contribution in [0.15, 0.2) is 90.0 Å². The zero-order chi connectivity index (χ0) is 23.1. The van der Waals surface area contributed by atoms with Crippen molar-refractivity contribution in [3.05, 3.63) is 119 Å². The zero-order valence-corrected chi connectivity index (χ0v) is 24.6. The molecule has 176 valence electrons. The summed E-state index contributed by atoms with van der Waals surface area (Å²) in [6, 6.07) is 28.5. The van der Waals surface area contributed by atoms with E-state index in [9.17, 15) is 0 Å². The monoisotopic (exact) mass is 564 g/mol. The fourth-order valence-corrected chi connectivity index (χ4v) is 4.67. The SMILES string of the molecule is CC1=[C-]C(C)C=C1C(C)(C)C.[Cl-].[Cl-].[Zr+2]=[CH]c1ccccc1.[c-]1cccc2c1Cc1ccccc1-2. The number of halogens is 2. The first-order valence-electron chi connectivity index (χ1n) is 11.3. The molecule has 0 nitrogen and oxygen atoms in total. The Kier molecular flexibility index (Phi) is 12.7. The molecule has 1 unspecified atom stereocenters. The molecule has 0 aromatic heterocycles. The van der Waals surface area contributed by atoms with E-state index in [0.717, 1.165) is 6.42 Å². The Balaban J connectivity index is 0.000000255. The first kappa shape index (κ1) is 30.5. The van der Waals surface area contributed by atoms with Gasteiger partial charge in [0, 0.05) is 0 Å². The molecule has 5 rings (SSSR count). The van der Waals surface area contributed by atoms with Crippen molar-refractivity contribution in [2.45, 2.75) is 41.0 Å². The van der Waals surface area contributed by atoms with Crippen molar-refractivity contribution in [1.82, 2.24) is 0 Å². The molecule has 0 bridgehead atoms. The third-order valence-electron chi connectivity index (χ3n) is 5.66. The van der Waals surface area contributed by atoms with E-state index in [1.54, 1.807) is 0 Å². The normalized spacial score (nSPS) is 14.9. The molecular weight excluding hydrogens is 534 g/mol. The number of benzene rings is 3. The van der Waals surface area contributed by atoms with Gasteiger partial charge < -0.3 is 24.8 Å². The smallest absolute Gasteiger partial charge is 0.0253 e. The van der Waals surface area contributed by atoms with Crippen LogP contribution in [-0.4, -0.2) is 3.71 Å². The minimum absolute atomic E-state index is 0. The molecule has 3 aromatic rings. The van der Waals surface area contributed by atoms with Gasteiger partial charge in [-0.2, -0.15) is 41.5 Å².